The van der Waals surface area contributed by atoms with E-state index in [2.05, 4.69) is 14.7 Å². The maximum Gasteiger partial charge on any atom is 0.373 e. The van der Waals surface area contributed by atoms with Crippen LogP contribution in [0.2, 0.25) is 0 Å². The van der Waals surface area contributed by atoms with Gasteiger partial charge in [0.25, 0.3) is 0 Å². The van der Waals surface area contributed by atoms with Gasteiger partial charge in [-0.05, 0) is 25.1 Å². The van der Waals surface area contributed by atoms with Gasteiger partial charge >= 0.3 is 5.97 Å². The minimum atomic E-state index is -0.468. The predicted octanol–water partition coefficient (Wildman–Crippen LogP) is 2.46. The molecule has 0 aromatic carbocycles. The number of hydrogen-bond acceptors (Lipinski definition) is 6. The summed E-state index contributed by atoms with van der Waals surface area (Å²) < 4.78 is 9.92. The Labute approximate surface area is 109 Å². The summed E-state index contributed by atoms with van der Waals surface area (Å²) in [4.78, 5) is 19.4. The lowest BCUT2D eigenvalue weighted by Gasteiger charge is -1.99. The first-order valence-electron chi connectivity index (χ1n) is 5.27. The molecule has 0 aliphatic heterocycles. The standard InChI is InChI=1S/C12H12N2O3S/c1-8-5-11(14-7-13-8)18-6-9-3-4-10(17-9)12(15)16-2/h3-5,7H,6H2,1-2H3. The van der Waals surface area contributed by atoms with Crippen LogP contribution in [0, 0.1) is 6.92 Å². The van der Waals surface area contributed by atoms with Gasteiger partial charge in [0.2, 0.25) is 5.76 Å². The normalized spacial score (nSPS) is 10.3. The average molecular weight is 264 g/mol. The fourth-order valence-electron chi connectivity index (χ4n) is 1.32. The van der Waals surface area contributed by atoms with Crippen LogP contribution in [-0.2, 0) is 10.5 Å². The van der Waals surface area contributed by atoms with Gasteiger partial charge in [-0.15, -0.1) is 0 Å². The summed E-state index contributed by atoms with van der Waals surface area (Å²) in [6.07, 6.45) is 1.53. The van der Waals surface area contributed by atoms with E-state index in [1.165, 1.54) is 25.2 Å². The SMILES string of the molecule is COC(=O)c1ccc(CSc2cc(C)ncn2)o1. The van der Waals surface area contributed by atoms with E-state index in [0.717, 1.165) is 10.7 Å². The largest absolute Gasteiger partial charge is 0.463 e. The van der Waals surface area contributed by atoms with Crippen LogP contribution in [0.5, 0.6) is 0 Å². The maximum atomic E-state index is 11.2. The van der Waals surface area contributed by atoms with Crippen LogP contribution in [0.1, 0.15) is 22.0 Å². The van der Waals surface area contributed by atoms with Crippen molar-refractivity contribution in [3.05, 3.63) is 41.7 Å². The number of aryl methyl sites for hydroxylation is 1. The fraction of sp³-hybridized carbons (Fsp3) is 0.250. The number of carbonyl (C=O) groups is 1. The summed E-state index contributed by atoms with van der Waals surface area (Å²) in [6, 6.07) is 5.26. The van der Waals surface area contributed by atoms with Gasteiger partial charge in [0.1, 0.15) is 17.1 Å². The Morgan fingerprint density at radius 3 is 3.00 bits per heavy atom. The molecule has 0 spiro atoms. The first-order chi connectivity index (χ1) is 8.69. The van der Waals surface area contributed by atoms with Gasteiger partial charge in [0, 0.05) is 5.69 Å². The maximum absolute atomic E-state index is 11.2. The molecule has 94 valence electrons. The molecule has 0 saturated heterocycles. The number of rotatable bonds is 4. The van der Waals surface area contributed by atoms with Crippen molar-refractivity contribution < 1.29 is 13.9 Å². The minimum Gasteiger partial charge on any atom is -0.463 e. The molecule has 6 heteroatoms. The third-order valence-corrected chi connectivity index (χ3v) is 3.14. The topological polar surface area (TPSA) is 65.2 Å². The number of thioether (sulfide) groups is 1. The Kier molecular flexibility index (Phi) is 3.99. The summed E-state index contributed by atoms with van der Waals surface area (Å²) in [5.74, 6) is 1.06. The van der Waals surface area contributed by atoms with Crippen molar-refractivity contribution in [1.82, 2.24) is 9.97 Å². The monoisotopic (exact) mass is 264 g/mol. The highest BCUT2D eigenvalue weighted by atomic mass is 32.2. The predicted molar refractivity (Wildman–Crippen MR) is 66.4 cm³/mol. The number of nitrogens with zero attached hydrogens (tertiary/aromatic N) is 2. The van der Waals surface area contributed by atoms with Gasteiger partial charge < -0.3 is 9.15 Å². The second-order valence-electron chi connectivity index (χ2n) is 3.54. The van der Waals surface area contributed by atoms with Crippen molar-refractivity contribution >= 4 is 17.7 Å². The molecule has 2 aromatic rings. The Morgan fingerprint density at radius 2 is 2.28 bits per heavy atom. The molecule has 0 bridgehead atoms. The molecule has 0 amide bonds. The molecular weight excluding hydrogens is 252 g/mol. The molecule has 2 rings (SSSR count). The lowest BCUT2D eigenvalue weighted by Crippen LogP contribution is -1.98. The third kappa shape index (κ3) is 3.10. The van der Waals surface area contributed by atoms with Crippen molar-refractivity contribution in [2.75, 3.05) is 7.11 Å². The number of carbonyl (C=O) groups excluding carboxylic acids is 1. The highest BCUT2D eigenvalue weighted by Gasteiger charge is 2.11. The second-order valence-corrected chi connectivity index (χ2v) is 4.54. The number of methoxy groups -OCH3 is 1. The quantitative estimate of drug-likeness (QED) is 0.480. The Balaban J connectivity index is 1.98. The third-order valence-electron chi connectivity index (χ3n) is 2.19. The van der Waals surface area contributed by atoms with Crippen molar-refractivity contribution in [2.24, 2.45) is 0 Å². The molecular formula is C12H12N2O3S. The highest BCUT2D eigenvalue weighted by molar-refractivity contribution is 7.98. The Hall–Kier alpha value is -1.82. The van der Waals surface area contributed by atoms with E-state index >= 15 is 0 Å². The molecule has 2 heterocycles. The van der Waals surface area contributed by atoms with E-state index in [1.807, 2.05) is 13.0 Å². The smallest absolute Gasteiger partial charge is 0.373 e. The van der Waals surface area contributed by atoms with Crippen LogP contribution in [0.25, 0.3) is 0 Å². The van der Waals surface area contributed by atoms with Crippen molar-refractivity contribution in [3.63, 3.8) is 0 Å². The van der Waals surface area contributed by atoms with Gasteiger partial charge in [-0.3, -0.25) is 0 Å². The molecule has 0 aliphatic carbocycles. The lowest BCUT2D eigenvalue weighted by molar-refractivity contribution is 0.0563. The molecule has 0 aliphatic rings. The van der Waals surface area contributed by atoms with E-state index in [0.29, 0.717) is 11.5 Å². The van der Waals surface area contributed by atoms with Gasteiger partial charge in [0.15, 0.2) is 0 Å². The Morgan fingerprint density at radius 1 is 1.44 bits per heavy atom. The zero-order valence-electron chi connectivity index (χ0n) is 10.0. The van der Waals surface area contributed by atoms with Crippen LogP contribution in [0.15, 0.2) is 34.0 Å². The molecule has 2 aromatic heterocycles. The van der Waals surface area contributed by atoms with Crippen LogP contribution < -0.4 is 0 Å². The molecule has 0 radical (unpaired) electrons. The second kappa shape index (κ2) is 5.68. The van der Waals surface area contributed by atoms with Crippen LogP contribution in [-0.4, -0.2) is 23.0 Å². The van der Waals surface area contributed by atoms with E-state index in [1.54, 1.807) is 12.1 Å². The first kappa shape index (κ1) is 12.6. The number of ether oxygens (including phenoxy) is 1. The van der Waals surface area contributed by atoms with E-state index in [4.69, 9.17) is 4.42 Å². The molecule has 18 heavy (non-hydrogen) atoms. The highest BCUT2D eigenvalue weighted by Crippen LogP contribution is 2.22. The number of hydrogen-bond donors (Lipinski definition) is 0. The van der Waals surface area contributed by atoms with E-state index in [9.17, 15) is 4.79 Å². The zero-order valence-corrected chi connectivity index (χ0v) is 10.9. The van der Waals surface area contributed by atoms with Crippen LogP contribution in [0.3, 0.4) is 0 Å². The van der Waals surface area contributed by atoms with Gasteiger partial charge in [-0.1, -0.05) is 11.8 Å². The summed E-state index contributed by atoms with van der Waals surface area (Å²) in [7, 11) is 1.32. The molecule has 0 atom stereocenters. The molecule has 0 saturated carbocycles. The molecule has 0 unspecified atom stereocenters. The molecule has 5 nitrogen and oxygen atoms in total. The minimum absolute atomic E-state index is 0.215. The first-order valence-corrected chi connectivity index (χ1v) is 6.26. The van der Waals surface area contributed by atoms with Gasteiger partial charge in [0.05, 0.1) is 12.9 Å². The lowest BCUT2D eigenvalue weighted by atomic mass is 10.4. The molecule has 0 fully saturated rings. The summed E-state index contributed by atoms with van der Waals surface area (Å²) >= 11 is 1.52. The summed E-state index contributed by atoms with van der Waals surface area (Å²) in [5.41, 5.74) is 0.919. The van der Waals surface area contributed by atoms with Crippen molar-refractivity contribution in [3.8, 4) is 0 Å². The van der Waals surface area contributed by atoms with Crippen LogP contribution >= 0.6 is 11.8 Å². The number of aromatic nitrogens is 2. The van der Waals surface area contributed by atoms with Crippen molar-refractivity contribution in [2.45, 2.75) is 17.7 Å². The van der Waals surface area contributed by atoms with E-state index < -0.39 is 5.97 Å². The molecule has 0 N–H and O–H groups in total. The number of furan rings is 1. The summed E-state index contributed by atoms with van der Waals surface area (Å²) in [6.45, 7) is 1.91. The zero-order chi connectivity index (χ0) is 13.0. The van der Waals surface area contributed by atoms with Crippen molar-refractivity contribution in [1.29, 1.82) is 0 Å². The van der Waals surface area contributed by atoms with Gasteiger partial charge in [-0.25, -0.2) is 14.8 Å². The average Bonchev–Trinajstić information content (AvgIpc) is 2.84. The summed E-state index contributed by atoms with van der Waals surface area (Å²) in [5, 5.41) is 0.874. The number of esters is 1. The fourth-order valence-corrected chi connectivity index (χ4v) is 2.14. The van der Waals surface area contributed by atoms with E-state index in [-0.39, 0.29) is 5.76 Å². The van der Waals surface area contributed by atoms with Crippen LogP contribution in [0.4, 0.5) is 0 Å². The van der Waals surface area contributed by atoms with Gasteiger partial charge in [-0.2, -0.15) is 0 Å². The Bertz CT molecular complexity index is 554.